The molecule has 0 aliphatic heterocycles. The van der Waals surface area contributed by atoms with Gasteiger partial charge >= 0.3 is 12.1 Å². The average molecular weight is 313 g/mol. The van der Waals surface area contributed by atoms with Crippen molar-refractivity contribution in [2.75, 3.05) is 6.61 Å². The molecule has 0 radical (unpaired) electrons. The van der Waals surface area contributed by atoms with E-state index in [1.165, 1.54) is 18.2 Å². The van der Waals surface area contributed by atoms with E-state index in [1.54, 1.807) is 6.07 Å². The van der Waals surface area contributed by atoms with Crippen molar-refractivity contribution in [1.29, 1.82) is 0 Å². The molecule has 94 valence electrons. The minimum absolute atomic E-state index is 0.152. The van der Waals surface area contributed by atoms with Gasteiger partial charge < -0.3 is 9.84 Å². The van der Waals surface area contributed by atoms with Gasteiger partial charge in [0.15, 0.2) is 6.10 Å². The SMILES string of the molecule is O=C(O)CO[C@H](c1ccccc1Br)C(F)(F)F. The van der Waals surface area contributed by atoms with Crippen LogP contribution in [0.2, 0.25) is 0 Å². The van der Waals surface area contributed by atoms with Crippen molar-refractivity contribution >= 4 is 21.9 Å². The molecule has 1 N–H and O–H groups in total. The van der Waals surface area contributed by atoms with Crippen molar-refractivity contribution < 1.29 is 27.8 Å². The van der Waals surface area contributed by atoms with E-state index < -0.39 is 24.9 Å². The molecular formula is C10H8BrF3O3. The Bertz CT molecular complexity index is 406. The molecule has 1 aromatic rings. The molecule has 0 aromatic heterocycles. The largest absolute Gasteiger partial charge is 0.480 e. The molecule has 0 heterocycles. The molecule has 0 spiro atoms. The maximum absolute atomic E-state index is 12.7. The van der Waals surface area contributed by atoms with E-state index in [0.717, 1.165) is 0 Å². The normalized spacial score (nSPS) is 13.4. The first-order valence-corrected chi connectivity index (χ1v) is 5.26. The Morgan fingerprint density at radius 3 is 2.47 bits per heavy atom. The van der Waals surface area contributed by atoms with E-state index in [9.17, 15) is 18.0 Å². The minimum Gasteiger partial charge on any atom is -0.480 e. The highest BCUT2D eigenvalue weighted by molar-refractivity contribution is 9.10. The van der Waals surface area contributed by atoms with Crippen LogP contribution in [0, 0.1) is 0 Å². The number of rotatable bonds is 4. The summed E-state index contributed by atoms with van der Waals surface area (Å²) in [7, 11) is 0. The number of carboxylic acid groups (broad SMARTS) is 1. The molecule has 0 aliphatic rings. The van der Waals surface area contributed by atoms with Crippen molar-refractivity contribution in [3.63, 3.8) is 0 Å². The van der Waals surface area contributed by atoms with Crippen molar-refractivity contribution in [3.8, 4) is 0 Å². The molecule has 3 nitrogen and oxygen atoms in total. The lowest BCUT2D eigenvalue weighted by Gasteiger charge is -2.21. The second-order valence-corrected chi connectivity index (χ2v) is 4.00. The van der Waals surface area contributed by atoms with E-state index in [2.05, 4.69) is 20.7 Å². The average Bonchev–Trinajstić information content (AvgIpc) is 2.18. The van der Waals surface area contributed by atoms with Gasteiger partial charge in [-0.2, -0.15) is 13.2 Å². The molecule has 0 unspecified atom stereocenters. The number of benzene rings is 1. The summed E-state index contributed by atoms with van der Waals surface area (Å²) in [5.74, 6) is -1.45. The summed E-state index contributed by atoms with van der Waals surface area (Å²) in [5.41, 5.74) is -0.152. The summed E-state index contributed by atoms with van der Waals surface area (Å²) in [6, 6.07) is 5.63. The highest BCUT2D eigenvalue weighted by Gasteiger charge is 2.43. The van der Waals surface area contributed by atoms with Crippen LogP contribution >= 0.6 is 15.9 Å². The maximum atomic E-state index is 12.7. The molecule has 1 aromatic carbocycles. The summed E-state index contributed by atoms with van der Waals surface area (Å²) in [6.45, 7) is -1.01. The van der Waals surface area contributed by atoms with Crippen LogP contribution in [0.15, 0.2) is 28.7 Å². The van der Waals surface area contributed by atoms with E-state index in [0.29, 0.717) is 0 Å². The first kappa shape index (κ1) is 14.0. The van der Waals surface area contributed by atoms with E-state index in [1.807, 2.05) is 0 Å². The Morgan fingerprint density at radius 1 is 1.41 bits per heavy atom. The van der Waals surface area contributed by atoms with Crippen LogP contribution in [0.1, 0.15) is 11.7 Å². The van der Waals surface area contributed by atoms with Gasteiger partial charge in [-0.3, -0.25) is 0 Å². The summed E-state index contributed by atoms with van der Waals surface area (Å²) >= 11 is 2.97. The minimum atomic E-state index is -4.67. The van der Waals surface area contributed by atoms with Gasteiger partial charge in [0.05, 0.1) is 0 Å². The number of alkyl halides is 3. The van der Waals surface area contributed by atoms with Crippen LogP contribution in [-0.4, -0.2) is 23.9 Å². The molecule has 0 aliphatic carbocycles. The molecule has 0 bridgehead atoms. The van der Waals surface area contributed by atoms with Gasteiger partial charge in [-0.05, 0) is 6.07 Å². The van der Waals surface area contributed by atoms with Gasteiger partial charge in [-0.1, -0.05) is 34.1 Å². The molecule has 0 saturated carbocycles. The second kappa shape index (κ2) is 5.50. The predicted octanol–water partition coefficient (Wildman–Crippen LogP) is 3.15. The van der Waals surface area contributed by atoms with Gasteiger partial charge in [0.1, 0.15) is 6.61 Å². The lowest BCUT2D eigenvalue weighted by atomic mass is 10.1. The van der Waals surface area contributed by atoms with Crippen molar-refractivity contribution in [1.82, 2.24) is 0 Å². The van der Waals surface area contributed by atoms with Crippen LogP contribution < -0.4 is 0 Å². The molecule has 0 amide bonds. The number of ether oxygens (including phenoxy) is 1. The fourth-order valence-corrected chi connectivity index (χ4v) is 1.70. The predicted molar refractivity (Wildman–Crippen MR) is 56.5 cm³/mol. The molecule has 1 rings (SSSR count). The van der Waals surface area contributed by atoms with Crippen molar-refractivity contribution in [3.05, 3.63) is 34.3 Å². The van der Waals surface area contributed by atoms with Gasteiger partial charge in [-0.15, -0.1) is 0 Å². The summed E-state index contributed by atoms with van der Waals surface area (Å²) in [5, 5.41) is 8.34. The van der Waals surface area contributed by atoms with Crippen LogP contribution in [0.3, 0.4) is 0 Å². The third-order valence-corrected chi connectivity index (χ3v) is 2.58. The van der Waals surface area contributed by atoms with Gasteiger partial charge in [0.25, 0.3) is 0 Å². The zero-order chi connectivity index (χ0) is 13.1. The summed E-state index contributed by atoms with van der Waals surface area (Å²) in [4.78, 5) is 10.2. The number of aliphatic carboxylic acids is 1. The molecule has 1 atom stereocenters. The van der Waals surface area contributed by atoms with Crippen LogP contribution in [0.4, 0.5) is 13.2 Å². The van der Waals surface area contributed by atoms with Crippen LogP contribution in [0.5, 0.6) is 0 Å². The van der Waals surface area contributed by atoms with Crippen LogP contribution in [0.25, 0.3) is 0 Å². The van der Waals surface area contributed by atoms with Gasteiger partial charge in [0, 0.05) is 10.0 Å². The van der Waals surface area contributed by atoms with Gasteiger partial charge in [0.2, 0.25) is 0 Å². The highest BCUT2D eigenvalue weighted by atomic mass is 79.9. The molecule has 17 heavy (non-hydrogen) atoms. The zero-order valence-electron chi connectivity index (χ0n) is 8.37. The Labute approximate surface area is 103 Å². The lowest BCUT2D eigenvalue weighted by molar-refractivity contribution is -0.225. The number of hydrogen-bond acceptors (Lipinski definition) is 2. The summed E-state index contributed by atoms with van der Waals surface area (Å²) in [6.07, 6.45) is -6.92. The van der Waals surface area contributed by atoms with E-state index >= 15 is 0 Å². The van der Waals surface area contributed by atoms with E-state index in [-0.39, 0.29) is 10.0 Å². The van der Waals surface area contributed by atoms with E-state index in [4.69, 9.17) is 5.11 Å². The van der Waals surface area contributed by atoms with Crippen LogP contribution in [-0.2, 0) is 9.53 Å². The monoisotopic (exact) mass is 312 g/mol. The molecule has 0 saturated heterocycles. The van der Waals surface area contributed by atoms with Crippen molar-refractivity contribution in [2.24, 2.45) is 0 Å². The standard InChI is InChI=1S/C10H8BrF3O3/c11-7-4-2-1-3-6(7)9(10(12,13)14)17-5-8(15)16/h1-4,9H,5H2,(H,15,16)/t9-/m1/s1. The first-order valence-electron chi connectivity index (χ1n) is 4.47. The summed E-state index contributed by atoms with van der Waals surface area (Å²) < 4.78 is 42.7. The number of halogens is 4. The van der Waals surface area contributed by atoms with Gasteiger partial charge in [-0.25, -0.2) is 4.79 Å². The highest BCUT2D eigenvalue weighted by Crippen LogP contribution is 2.38. The topological polar surface area (TPSA) is 46.5 Å². The third kappa shape index (κ3) is 4.01. The Kier molecular flexibility index (Phi) is 4.53. The quantitative estimate of drug-likeness (QED) is 0.929. The zero-order valence-corrected chi connectivity index (χ0v) is 9.96. The molecule has 0 fully saturated rings. The Balaban J connectivity index is 2.99. The first-order chi connectivity index (χ1) is 7.82. The Hall–Kier alpha value is -1.08. The second-order valence-electron chi connectivity index (χ2n) is 3.15. The number of hydrogen-bond donors (Lipinski definition) is 1. The molecular weight excluding hydrogens is 305 g/mol. The smallest absolute Gasteiger partial charge is 0.418 e. The lowest BCUT2D eigenvalue weighted by Crippen LogP contribution is -2.26. The third-order valence-electron chi connectivity index (χ3n) is 1.86. The number of carbonyl (C=O) groups is 1. The number of carboxylic acids is 1. The maximum Gasteiger partial charge on any atom is 0.418 e. The van der Waals surface area contributed by atoms with Crippen molar-refractivity contribution in [2.45, 2.75) is 12.3 Å². The molecule has 7 heteroatoms. The fourth-order valence-electron chi connectivity index (χ4n) is 1.20. The Morgan fingerprint density at radius 2 is 2.00 bits per heavy atom. The fraction of sp³-hybridized carbons (Fsp3) is 0.300.